The van der Waals surface area contributed by atoms with E-state index in [9.17, 15) is 0 Å². The van der Waals surface area contributed by atoms with Crippen molar-refractivity contribution in [2.45, 2.75) is 32.4 Å². The van der Waals surface area contributed by atoms with Crippen molar-refractivity contribution >= 4 is 11.3 Å². The van der Waals surface area contributed by atoms with Crippen LogP contribution in [0.15, 0.2) is 16.8 Å². The molecule has 0 aliphatic rings. The summed E-state index contributed by atoms with van der Waals surface area (Å²) < 4.78 is 0. The van der Waals surface area contributed by atoms with Crippen molar-refractivity contribution in [2.75, 3.05) is 6.54 Å². The standard InChI is InChI=1S/C10H17NOS/c1-8(12)3-5-11-9(2)10-4-6-13-7-10/h4,6-9,11-12H,3,5H2,1-2H3. The monoisotopic (exact) mass is 199 g/mol. The third-order valence-corrected chi connectivity index (χ3v) is 2.76. The van der Waals surface area contributed by atoms with Gasteiger partial charge in [0, 0.05) is 6.04 Å². The first-order valence-electron chi connectivity index (χ1n) is 4.63. The number of aliphatic hydroxyl groups is 1. The molecule has 1 rings (SSSR count). The van der Waals surface area contributed by atoms with Crippen molar-refractivity contribution in [3.63, 3.8) is 0 Å². The van der Waals surface area contributed by atoms with Gasteiger partial charge >= 0.3 is 0 Å². The van der Waals surface area contributed by atoms with E-state index in [2.05, 4.69) is 29.1 Å². The van der Waals surface area contributed by atoms with Crippen molar-refractivity contribution in [1.82, 2.24) is 5.32 Å². The molecule has 0 fully saturated rings. The molecule has 2 nitrogen and oxygen atoms in total. The predicted octanol–water partition coefficient (Wildman–Crippen LogP) is 2.17. The highest BCUT2D eigenvalue weighted by atomic mass is 32.1. The van der Waals surface area contributed by atoms with Crippen molar-refractivity contribution < 1.29 is 5.11 Å². The first-order chi connectivity index (χ1) is 6.20. The van der Waals surface area contributed by atoms with Crippen LogP contribution in [0.2, 0.25) is 0 Å². The molecular formula is C10H17NOS. The normalized spacial score (nSPS) is 15.6. The molecular weight excluding hydrogens is 182 g/mol. The molecule has 13 heavy (non-hydrogen) atoms. The molecule has 0 saturated heterocycles. The van der Waals surface area contributed by atoms with Gasteiger partial charge in [0.15, 0.2) is 0 Å². The van der Waals surface area contributed by atoms with Gasteiger partial charge in [-0.1, -0.05) is 0 Å². The highest BCUT2D eigenvalue weighted by Crippen LogP contribution is 2.15. The summed E-state index contributed by atoms with van der Waals surface area (Å²) in [5, 5.41) is 16.7. The lowest BCUT2D eigenvalue weighted by Gasteiger charge is -2.12. The van der Waals surface area contributed by atoms with E-state index in [0.717, 1.165) is 13.0 Å². The Morgan fingerprint density at radius 3 is 2.85 bits per heavy atom. The van der Waals surface area contributed by atoms with Gasteiger partial charge in [-0.15, -0.1) is 0 Å². The Kier molecular flexibility index (Phi) is 4.42. The molecule has 0 saturated carbocycles. The van der Waals surface area contributed by atoms with Crippen LogP contribution in [0.25, 0.3) is 0 Å². The van der Waals surface area contributed by atoms with E-state index in [1.807, 2.05) is 6.92 Å². The molecule has 0 bridgehead atoms. The molecule has 74 valence electrons. The maximum atomic E-state index is 9.06. The average Bonchev–Trinajstić information content (AvgIpc) is 2.55. The summed E-state index contributed by atoms with van der Waals surface area (Å²) >= 11 is 1.72. The maximum absolute atomic E-state index is 9.06. The summed E-state index contributed by atoms with van der Waals surface area (Å²) in [5.74, 6) is 0. The molecule has 0 aromatic carbocycles. The number of hydrogen-bond donors (Lipinski definition) is 2. The molecule has 0 radical (unpaired) electrons. The highest BCUT2D eigenvalue weighted by molar-refractivity contribution is 7.07. The van der Waals surface area contributed by atoms with Crippen molar-refractivity contribution in [3.8, 4) is 0 Å². The van der Waals surface area contributed by atoms with Crippen LogP contribution in [-0.2, 0) is 0 Å². The second-order valence-corrected chi connectivity index (χ2v) is 4.15. The second kappa shape index (κ2) is 5.37. The first-order valence-corrected chi connectivity index (χ1v) is 5.58. The number of hydrogen-bond acceptors (Lipinski definition) is 3. The van der Waals surface area contributed by atoms with E-state index in [1.165, 1.54) is 5.56 Å². The fourth-order valence-electron chi connectivity index (χ4n) is 1.15. The van der Waals surface area contributed by atoms with Crippen molar-refractivity contribution in [3.05, 3.63) is 22.4 Å². The summed E-state index contributed by atoms with van der Waals surface area (Å²) in [5.41, 5.74) is 1.33. The molecule has 2 atom stereocenters. The molecule has 0 spiro atoms. The van der Waals surface area contributed by atoms with Crippen LogP contribution >= 0.6 is 11.3 Å². The Labute approximate surface area is 83.6 Å². The lowest BCUT2D eigenvalue weighted by Crippen LogP contribution is -2.22. The van der Waals surface area contributed by atoms with Gasteiger partial charge in [0.2, 0.25) is 0 Å². The van der Waals surface area contributed by atoms with E-state index >= 15 is 0 Å². The third-order valence-electron chi connectivity index (χ3n) is 2.06. The largest absolute Gasteiger partial charge is 0.393 e. The Bertz CT molecular complexity index is 221. The van der Waals surface area contributed by atoms with Gasteiger partial charge in [-0.05, 0) is 49.2 Å². The van der Waals surface area contributed by atoms with E-state index in [1.54, 1.807) is 11.3 Å². The minimum Gasteiger partial charge on any atom is -0.393 e. The molecule has 0 amide bonds. The SMILES string of the molecule is CC(O)CCNC(C)c1ccsc1. The zero-order chi connectivity index (χ0) is 9.68. The van der Waals surface area contributed by atoms with Crippen LogP contribution in [0.1, 0.15) is 31.9 Å². The molecule has 2 unspecified atom stereocenters. The van der Waals surface area contributed by atoms with Crippen LogP contribution in [-0.4, -0.2) is 17.8 Å². The number of thiophene rings is 1. The lowest BCUT2D eigenvalue weighted by molar-refractivity contribution is 0.182. The molecule has 1 heterocycles. The second-order valence-electron chi connectivity index (χ2n) is 3.37. The fraction of sp³-hybridized carbons (Fsp3) is 0.600. The Balaban J connectivity index is 2.22. The Morgan fingerprint density at radius 1 is 1.54 bits per heavy atom. The van der Waals surface area contributed by atoms with Gasteiger partial charge in [-0.3, -0.25) is 0 Å². The molecule has 0 aliphatic heterocycles. The molecule has 0 aliphatic carbocycles. The van der Waals surface area contributed by atoms with E-state index < -0.39 is 0 Å². The Hall–Kier alpha value is -0.380. The number of aliphatic hydroxyl groups excluding tert-OH is 1. The summed E-state index contributed by atoms with van der Waals surface area (Å²) in [4.78, 5) is 0. The zero-order valence-corrected chi connectivity index (χ0v) is 8.97. The van der Waals surface area contributed by atoms with Crippen LogP contribution in [0.5, 0.6) is 0 Å². The number of nitrogens with one attached hydrogen (secondary N) is 1. The molecule has 3 heteroatoms. The van der Waals surface area contributed by atoms with Crippen LogP contribution in [0.4, 0.5) is 0 Å². The average molecular weight is 199 g/mol. The van der Waals surface area contributed by atoms with Crippen molar-refractivity contribution in [1.29, 1.82) is 0 Å². The zero-order valence-electron chi connectivity index (χ0n) is 8.16. The highest BCUT2D eigenvalue weighted by Gasteiger charge is 2.04. The van der Waals surface area contributed by atoms with Crippen molar-refractivity contribution in [2.24, 2.45) is 0 Å². The quantitative estimate of drug-likeness (QED) is 0.761. The van der Waals surface area contributed by atoms with Gasteiger partial charge < -0.3 is 10.4 Å². The van der Waals surface area contributed by atoms with Gasteiger partial charge in [0.05, 0.1) is 6.10 Å². The topological polar surface area (TPSA) is 32.3 Å². The van der Waals surface area contributed by atoms with Gasteiger partial charge in [-0.25, -0.2) is 0 Å². The smallest absolute Gasteiger partial charge is 0.0524 e. The van der Waals surface area contributed by atoms with Crippen LogP contribution in [0.3, 0.4) is 0 Å². The minimum atomic E-state index is -0.206. The van der Waals surface area contributed by atoms with Gasteiger partial charge in [-0.2, -0.15) is 11.3 Å². The van der Waals surface area contributed by atoms with E-state index in [4.69, 9.17) is 5.11 Å². The lowest BCUT2D eigenvalue weighted by atomic mass is 10.2. The first kappa shape index (κ1) is 10.7. The van der Waals surface area contributed by atoms with Gasteiger partial charge in [0.1, 0.15) is 0 Å². The minimum absolute atomic E-state index is 0.206. The molecule has 1 aromatic heterocycles. The maximum Gasteiger partial charge on any atom is 0.0524 e. The summed E-state index contributed by atoms with van der Waals surface area (Å²) in [7, 11) is 0. The van der Waals surface area contributed by atoms with Crippen LogP contribution < -0.4 is 5.32 Å². The van der Waals surface area contributed by atoms with Gasteiger partial charge in [0.25, 0.3) is 0 Å². The fourth-order valence-corrected chi connectivity index (χ4v) is 1.90. The Morgan fingerprint density at radius 2 is 2.31 bits per heavy atom. The summed E-state index contributed by atoms with van der Waals surface area (Å²) in [6.45, 7) is 4.83. The number of rotatable bonds is 5. The third kappa shape index (κ3) is 3.89. The molecule has 2 N–H and O–H groups in total. The van der Waals surface area contributed by atoms with Crippen LogP contribution in [0, 0.1) is 0 Å². The molecule has 1 aromatic rings. The summed E-state index contributed by atoms with van der Waals surface area (Å²) in [6, 6.07) is 2.52. The predicted molar refractivity (Wildman–Crippen MR) is 57.0 cm³/mol. The van der Waals surface area contributed by atoms with E-state index in [-0.39, 0.29) is 6.10 Å². The van der Waals surface area contributed by atoms with E-state index in [0.29, 0.717) is 6.04 Å². The summed E-state index contributed by atoms with van der Waals surface area (Å²) in [6.07, 6.45) is 0.608.